The summed E-state index contributed by atoms with van der Waals surface area (Å²) in [5.41, 5.74) is 7.30. The summed E-state index contributed by atoms with van der Waals surface area (Å²) in [5, 5.41) is 0. The van der Waals surface area contributed by atoms with Crippen LogP contribution in [0.15, 0.2) is 28.7 Å². The Labute approximate surface area is 124 Å². The topological polar surface area (TPSA) is 35.2 Å². The predicted octanol–water partition coefficient (Wildman–Crippen LogP) is 4.43. The Balaban J connectivity index is 2.05. The van der Waals surface area contributed by atoms with Gasteiger partial charge in [-0.3, -0.25) is 0 Å². The molecule has 1 saturated carbocycles. The van der Waals surface area contributed by atoms with Crippen LogP contribution in [-0.2, 0) is 4.74 Å². The van der Waals surface area contributed by atoms with Crippen LogP contribution in [0.5, 0.6) is 0 Å². The van der Waals surface area contributed by atoms with E-state index in [-0.39, 0.29) is 12.1 Å². The molecule has 4 atom stereocenters. The van der Waals surface area contributed by atoms with Crippen LogP contribution in [0, 0.1) is 5.92 Å². The average molecular weight is 326 g/mol. The highest BCUT2D eigenvalue weighted by Gasteiger charge is 2.25. The van der Waals surface area contributed by atoms with Gasteiger partial charge in [0.2, 0.25) is 0 Å². The van der Waals surface area contributed by atoms with Crippen LogP contribution in [0.2, 0.25) is 0 Å². The Morgan fingerprint density at radius 2 is 1.95 bits per heavy atom. The molecule has 1 aliphatic carbocycles. The first-order valence-corrected chi connectivity index (χ1v) is 8.02. The molecule has 2 nitrogen and oxygen atoms in total. The molecule has 0 bridgehead atoms. The second kappa shape index (κ2) is 6.87. The van der Waals surface area contributed by atoms with Crippen molar-refractivity contribution in [2.75, 3.05) is 0 Å². The number of hydrogen-bond donors (Lipinski definition) is 1. The molecule has 2 rings (SSSR count). The number of nitrogens with two attached hydrogens (primary N) is 1. The van der Waals surface area contributed by atoms with Gasteiger partial charge in [0.05, 0.1) is 12.2 Å². The van der Waals surface area contributed by atoms with Crippen molar-refractivity contribution >= 4 is 15.9 Å². The van der Waals surface area contributed by atoms with Crippen molar-refractivity contribution in [1.82, 2.24) is 0 Å². The molecule has 0 aliphatic heterocycles. The fourth-order valence-electron chi connectivity index (χ4n) is 2.87. The first-order valence-electron chi connectivity index (χ1n) is 7.22. The lowest BCUT2D eigenvalue weighted by atomic mass is 9.88. The molecule has 1 aromatic rings. The summed E-state index contributed by atoms with van der Waals surface area (Å²) in [6.45, 7) is 4.34. The molecule has 1 fully saturated rings. The van der Waals surface area contributed by atoms with Gasteiger partial charge >= 0.3 is 0 Å². The summed E-state index contributed by atoms with van der Waals surface area (Å²) in [7, 11) is 0. The summed E-state index contributed by atoms with van der Waals surface area (Å²) in [6, 6.07) is 8.32. The highest BCUT2D eigenvalue weighted by Crippen LogP contribution is 2.31. The van der Waals surface area contributed by atoms with Crippen LogP contribution in [0.1, 0.15) is 51.2 Å². The standard InChI is InChI=1S/C16H24BrNO/c1-11-4-3-5-15(10-11)19-16(12(2)18)13-6-8-14(17)9-7-13/h6-9,11-12,15-16H,3-5,10,18H2,1-2H3. The van der Waals surface area contributed by atoms with Crippen molar-refractivity contribution in [3.63, 3.8) is 0 Å². The molecule has 0 radical (unpaired) electrons. The summed E-state index contributed by atoms with van der Waals surface area (Å²) < 4.78 is 7.40. The lowest BCUT2D eigenvalue weighted by molar-refractivity contribution is -0.0490. The normalized spacial score (nSPS) is 26.9. The number of hydrogen-bond acceptors (Lipinski definition) is 2. The monoisotopic (exact) mass is 325 g/mol. The second-order valence-corrected chi connectivity index (χ2v) is 6.78. The molecule has 2 N–H and O–H groups in total. The summed E-state index contributed by atoms with van der Waals surface area (Å²) in [5.74, 6) is 0.775. The lowest BCUT2D eigenvalue weighted by Crippen LogP contribution is -2.32. The van der Waals surface area contributed by atoms with Crippen molar-refractivity contribution < 1.29 is 4.74 Å². The van der Waals surface area contributed by atoms with Gasteiger partial charge < -0.3 is 10.5 Å². The Morgan fingerprint density at radius 3 is 2.53 bits per heavy atom. The highest BCUT2D eigenvalue weighted by atomic mass is 79.9. The van der Waals surface area contributed by atoms with Crippen molar-refractivity contribution in [3.8, 4) is 0 Å². The van der Waals surface area contributed by atoms with Crippen molar-refractivity contribution in [3.05, 3.63) is 34.3 Å². The minimum Gasteiger partial charge on any atom is -0.369 e. The Bertz CT molecular complexity index is 390. The summed E-state index contributed by atoms with van der Waals surface area (Å²) >= 11 is 3.47. The highest BCUT2D eigenvalue weighted by molar-refractivity contribution is 9.10. The third-order valence-electron chi connectivity index (χ3n) is 3.90. The van der Waals surface area contributed by atoms with Gasteiger partial charge in [0.25, 0.3) is 0 Å². The molecule has 3 heteroatoms. The van der Waals surface area contributed by atoms with Gasteiger partial charge in [-0.15, -0.1) is 0 Å². The van der Waals surface area contributed by atoms with E-state index in [1.54, 1.807) is 0 Å². The first-order chi connectivity index (χ1) is 9.06. The first kappa shape index (κ1) is 15.0. The summed E-state index contributed by atoms with van der Waals surface area (Å²) in [6.07, 6.45) is 5.31. The van der Waals surface area contributed by atoms with Gasteiger partial charge in [0, 0.05) is 10.5 Å². The zero-order valence-corrected chi connectivity index (χ0v) is 13.4. The predicted molar refractivity (Wildman–Crippen MR) is 83.0 cm³/mol. The molecule has 0 amide bonds. The van der Waals surface area contributed by atoms with Crippen LogP contribution < -0.4 is 5.73 Å². The largest absolute Gasteiger partial charge is 0.369 e. The SMILES string of the molecule is CC1CCCC(OC(c2ccc(Br)cc2)C(C)N)C1. The van der Waals surface area contributed by atoms with E-state index in [4.69, 9.17) is 10.5 Å². The molecular formula is C16H24BrNO. The van der Waals surface area contributed by atoms with Gasteiger partial charge in [-0.1, -0.05) is 47.8 Å². The zero-order valence-electron chi connectivity index (χ0n) is 11.8. The van der Waals surface area contributed by atoms with E-state index in [0.717, 1.165) is 10.4 Å². The summed E-state index contributed by atoms with van der Waals surface area (Å²) in [4.78, 5) is 0. The number of ether oxygens (including phenoxy) is 1. The average Bonchev–Trinajstić information content (AvgIpc) is 2.37. The van der Waals surface area contributed by atoms with Gasteiger partial charge in [0.1, 0.15) is 0 Å². The minimum atomic E-state index is 0.00315. The molecule has 1 aromatic carbocycles. The van der Waals surface area contributed by atoms with E-state index >= 15 is 0 Å². The molecule has 1 aliphatic rings. The maximum absolute atomic E-state index is 6.31. The van der Waals surface area contributed by atoms with Crippen molar-refractivity contribution in [1.29, 1.82) is 0 Å². The molecule has 19 heavy (non-hydrogen) atoms. The molecule has 0 heterocycles. The van der Waals surface area contributed by atoms with E-state index < -0.39 is 0 Å². The fourth-order valence-corrected chi connectivity index (χ4v) is 3.13. The number of halogens is 1. The van der Waals surface area contributed by atoms with Gasteiger partial charge in [0.15, 0.2) is 0 Å². The Hall–Kier alpha value is -0.380. The molecule has 4 unspecified atom stereocenters. The second-order valence-electron chi connectivity index (χ2n) is 5.86. The molecule has 0 saturated heterocycles. The van der Waals surface area contributed by atoms with E-state index in [1.807, 2.05) is 6.92 Å². The van der Waals surface area contributed by atoms with Gasteiger partial charge in [-0.05, 0) is 43.4 Å². The fraction of sp³-hybridized carbons (Fsp3) is 0.625. The minimum absolute atomic E-state index is 0.00315. The van der Waals surface area contributed by atoms with Crippen molar-refractivity contribution in [2.24, 2.45) is 11.7 Å². The number of rotatable bonds is 4. The van der Waals surface area contributed by atoms with E-state index in [1.165, 1.54) is 31.2 Å². The Kier molecular flexibility index (Phi) is 5.43. The van der Waals surface area contributed by atoms with E-state index in [9.17, 15) is 0 Å². The molecular weight excluding hydrogens is 302 g/mol. The number of benzene rings is 1. The van der Waals surface area contributed by atoms with Crippen LogP contribution in [0.4, 0.5) is 0 Å². The molecule has 106 valence electrons. The molecule has 0 spiro atoms. The molecule has 0 aromatic heterocycles. The quantitative estimate of drug-likeness (QED) is 0.888. The maximum atomic E-state index is 6.31. The zero-order chi connectivity index (χ0) is 13.8. The van der Waals surface area contributed by atoms with Gasteiger partial charge in [-0.25, -0.2) is 0 Å². The maximum Gasteiger partial charge on any atom is 0.0976 e. The van der Waals surface area contributed by atoms with Gasteiger partial charge in [-0.2, -0.15) is 0 Å². The third-order valence-corrected chi connectivity index (χ3v) is 4.43. The lowest BCUT2D eigenvalue weighted by Gasteiger charge is -2.32. The smallest absolute Gasteiger partial charge is 0.0976 e. The van der Waals surface area contributed by atoms with Crippen molar-refractivity contribution in [2.45, 2.75) is 57.8 Å². The van der Waals surface area contributed by atoms with Crippen LogP contribution in [0.3, 0.4) is 0 Å². The van der Waals surface area contributed by atoms with E-state index in [2.05, 4.69) is 47.1 Å². The van der Waals surface area contributed by atoms with Crippen LogP contribution in [0.25, 0.3) is 0 Å². The van der Waals surface area contributed by atoms with Crippen LogP contribution >= 0.6 is 15.9 Å². The van der Waals surface area contributed by atoms with E-state index in [0.29, 0.717) is 6.10 Å². The third kappa shape index (κ3) is 4.30. The van der Waals surface area contributed by atoms with Crippen LogP contribution in [-0.4, -0.2) is 12.1 Å². The Morgan fingerprint density at radius 1 is 1.26 bits per heavy atom.